The molecule has 0 aromatic heterocycles. The second kappa shape index (κ2) is 6.91. The third-order valence-electron chi connectivity index (χ3n) is 4.72. The van der Waals surface area contributed by atoms with Crippen LogP contribution in [0.5, 0.6) is 0 Å². The average Bonchev–Trinajstić information content (AvgIpc) is 3.18. The van der Waals surface area contributed by atoms with E-state index in [1.165, 1.54) is 45.1 Å². The van der Waals surface area contributed by atoms with E-state index in [1.807, 2.05) is 0 Å². The summed E-state index contributed by atoms with van der Waals surface area (Å²) in [7, 11) is 0. The van der Waals surface area contributed by atoms with Crippen molar-refractivity contribution in [1.29, 1.82) is 0 Å². The van der Waals surface area contributed by atoms with Crippen molar-refractivity contribution in [2.24, 2.45) is 17.8 Å². The highest BCUT2D eigenvalue weighted by atomic mass is 16.5. The normalized spacial score (nSPS) is 33.0. The lowest BCUT2D eigenvalue weighted by Gasteiger charge is -2.36. The SMILES string of the molecule is CCC1CCC(CNC2CC2)C(COC(C)C)C1. The zero-order chi connectivity index (χ0) is 13.0. The van der Waals surface area contributed by atoms with Gasteiger partial charge in [-0.3, -0.25) is 0 Å². The van der Waals surface area contributed by atoms with Crippen molar-refractivity contribution in [3.8, 4) is 0 Å². The molecular weight excluding hydrogens is 222 g/mol. The number of hydrogen-bond donors (Lipinski definition) is 1. The standard InChI is InChI=1S/C16H31NO/c1-4-13-5-6-14(10-17-16-7-8-16)15(9-13)11-18-12(2)3/h12-17H,4-11H2,1-3H3. The van der Waals surface area contributed by atoms with Crippen molar-refractivity contribution in [1.82, 2.24) is 5.32 Å². The summed E-state index contributed by atoms with van der Waals surface area (Å²) in [5.41, 5.74) is 0. The van der Waals surface area contributed by atoms with Gasteiger partial charge in [0, 0.05) is 6.04 Å². The van der Waals surface area contributed by atoms with Gasteiger partial charge in [-0.1, -0.05) is 19.8 Å². The predicted octanol–water partition coefficient (Wildman–Crippen LogP) is 3.61. The lowest BCUT2D eigenvalue weighted by atomic mass is 9.73. The van der Waals surface area contributed by atoms with E-state index in [4.69, 9.17) is 4.74 Å². The Bertz CT molecular complexity index is 237. The van der Waals surface area contributed by atoms with Gasteiger partial charge in [-0.15, -0.1) is 0 Å². The summed E-state index contributed by atoms with van der Waals surface area (Å²) in [5, 5.41) is 3.72. The first kappa shape index (κ1) is 14.3. The van der Waals surface area contributed by atoms with Crippen LogP contribution in [-0.2, 0) is 4.74 Å². The Kier molecular flexibility index (Phi) is 5.50. The summed E-state index contributed by atoms with van der Waals surface area (Å²) in [6.45, 7) is 8.85. The fraction of sp³-hybridized carbons (Fsp3) is 1.00. The van der Waals surface area contributed by atoms with Crippen molar-refractivity contribution < 1.29 is 4.74 Å². The molecule has 2 rings (SSSR count). The van der Waals surface area contributed by atoms with Gasteiger partial charge in [0.2, 0.25) is 0 Å². The molecule has 0 aliphatic heterocycles. The van der Waals surface area contributed by atoms with Crippen LogP contribution in [0.3, 0.4) is 0 Å². The van der Waals surface area contributed by atoms with Crippen molar-refractivity contribution in [3.63, 3.8) is 0 Å². The predicted molar refractivity (Wildman–Crippen MR) is 76.7 cm³/mol. The highest BCUT2D eigenvalue weighted by Crippen LogP contribution is 2.36. The first-order chi connectivity index (χ1) is 8.69. The third-order valence-corrected chi connectivity index (χ3v) is 4.72. The molecular formula is C16H31NO. The molecule has 2 saturated carbocycles. The Hall–Kier alpha value is -0.0800. The van der Waals surface area contributed by atoms with Crippen LogP contribution in [-0.4, -0.2) is 25.3 Å². The number of rotatable bonds is 7. The molecule has 106 valence electrons. The van der Waals surface area contributed by atoms with Crippen LogP contribution >= 0.6 is 0 Å². The first-order valence-electron chi connectivity index (χ1n) is 8.04. The van der Waals surface area contributed by atoms with E-state index in [-0.39, 0.29) is 0 Å². The largest absolute Gasteiger partial charge is 0.378 e. The second-order valence-electron chi connectivity index (χ2n) is 6.67. The second-order valence-corrected chi connectivity index (χ2v) is 6.67. The third kappa shape index (κ3) is 4.55. The van der Waals surface area contributed by atoms with Gasteiger partial charge in [0.05, 0.1) is 12.7 Å². The van der Waals surface area contributed by atoms with Gasteiger partial charge >= 0.3 is 0 Å². The number of nitrogens with one attached hydrogen (secondary N) is 1. The summed E-state index contributed by atoms with van der Waals surface area (Å²) < 4.78 is 5.90. The number of hydrogen-bond acceptors (Lipinski definition) is 2. The Balaban J connectivity index is 1.79. The Morgan fingerprint density at radius 3 is 2.50 bits per heavy atom. The minimum atomic E-state index is 0.379. The summed E-state index contributed by atoms with van der Waals surface area (Å²) in [5.74, 6) is 2.59. The molecule has 18 heavy (non-hydrogen) atoms. The van der Waals surface area contributed by atoms with Crippen LogP contribution in [0.15, 0.2) is 0 Å². The van der Waals surface area contributed by atoms with Crippen LogP contribution in [0.2, 0.25) is 0 Å². The molecule has 2 fully saturated rings. The van der Waals surface area contributed by atoms with Crippen LogP contribution in [0.1, 0.15) is 59.3 Å². The Morgan fingerprint density at radius 1 is 1.11 bits per heavy atom. The maximum atomic E-state index is 5.90. The van der Waals surface area contributed by atoms with Crippen molar-refractivity contribution in [3.05, 3.63) is 0 Å². The zero-order valence-electron chi connectivity index (χ0n) is 12.5. The average molecular weight is 253 g/mol. The molecule has 2 aliphatic rings. The molecule has 0 amide bonds. The van der Waals surface area contributed by atoms with E-state index in [0.29, 0.717) is 6.10 Å². The minimum Gasteiger partial charge on any atom is -0.378 e. The quantitative estimate of drug-likeness (QED) is 0.748. The van der Waals surface area contributed by atoms with Gasteiger partial charge < -0.3 is 10.1 Å². The first-order valence-corrected chi connectivity index (χ1v) is 8.04. The summed E-state index contributed by atoms with van der Waals surface area (Å²) in [6, 6.07) is 0.848. The van der Waals surface area contributed by atoms with Crippen molar-refractivity contribution in [2.45, 2.75) is 71.4 Å². The van der Waals surface area contributed by atoms with Crippen molar-refractivity contribution >= 4 is 0 Å². The fourth-order valence-electron chi connectivity index (χ4n) is 3.19. The van der Waals surface area contributed by atoms with E-state index in [1.54, 1.807) is 0 Å². The highest BCUT2D eigenvalue weighted by Gasteiger charge is 2.31. The molecule has 0 bridgehead atoms. The van der Waals surface area contributed by atoms with E-state index in [2.05, 4.69) is 26.1 Å². The van der Waals surface area contributed by atoms with Gasteiger partial charge in [-0.05, 0) is 63.8 Å². The molecule has 0 spiro atoms. The summed E-state index contributed by atoms with van der Waals surface area (Å²) in [6.07, 6.45) is 8.76. The highest BCUT2D eigenvalue weighted by molar-refractivity contribution is 4.86. The Labute approximate surface area is 113 Å². The molecule has 0 aromatic rings. The fourth-order valence-corrected chi connectivity index (χ4v) is 3.19. The molecule has 0 radical (unpaired) electrons. The molecule has 1 N–H and O–H groups in total. The van der Waals surface area contributed by atoms with E-state index >= 15 is 0 Å². The number of ether oxygens (including phenoxy) is 1. The van der Waals surface area contributed by atoms with Crippen LogP contribution < -0.4 is 5.32 Å². The van der Waals surface area contributed by atoms with Crippen LogP contribution in [0.4, 0.5) is 0 Å². The molecule has 3 unspecified atom stereocenters. The van der Waals surface area contributed by atoms with Gasteiger partial charge in [-0.2, -0.15) is 0 Å². The van der Waals surface area contributed by atoms with Crippen LogP contribution in [0, 0.1) is 17.8 Å². The van der Waals surface area contributed by atoms with E-state index in [0.717, 1.165) is 30.4 Å². The minimum absolute atomic E-state index is 0.379. The molecule has 2 aliphatic carbocycles. The summed E-state index contributed by atoms with van der Waals surface area (Å²) >= 11 is 0. The van der Waals surface area contributed by atoms with Gasteiger partial charge in [0.25, 0.3) is 0 Å². The zero-order valence-corrected chi connectivity index (χ0v) is 12.5. The topological polar surface area (TPSA) is 21.3 Å². The lowest BCUT2D eigenvalue weighted by molar-refractivity contribution is 0.0121. The van der Waals surface area contributed by atoms with Crippen molar-refractivity contribution in [2.75, 3.05) is 13.2 Å². The molecule has 0 saturated heterocycles. The summed E-state index contributed by atoms with van der Waals surface area (Å²) in [4.78, 5) is 0. The van der Waals surface area contributed by atoms with Crippen LogP contribution in [0.25, 0.3) is 0 Å². The molecule has 0 heterocycles. The van der Waals surface area contributed by atoms with Gasteiger partial charge in [-0.25, -0.2) is 0 Å². The molecule has 3 atom stereocenters. The Morgan fingerprint density at radius 2 is 1.89 bits per heavy atom. The lowest BCUT2D eigenvalue weighted by Crippen LogP contribution is -2.36. The molecule has 0 aromatic carbocycles. The smallest absolute Gasteiger partial charge is 0.0519 e. The van der Waals surface area contributed by atoms with E-state index in [9.17, 15) is 0 Å². The maximum absolute atomic E-state index is 5.90. The van der Waals surface area contributed by atoms with Gasteiger partial charge in [0.15, 0.2) is 0 Å². The molecule has 2 heteroatoms. The molecule has 2 nitrogen and oxygen atoms in total. The monoisotopic (exact) mass is 253 g/mol. The van der Waals surface area contributed by atoms with E-state index < -0.39 is 0 Å². The van der Waals surface area contributed by atoms with Gasteiger partial charge in [0.1, 0.15) is 0 Å². The maximum Gasteiger partial charge on any atom is 0.0519 e.